The predicted octanol–water partition coefficient (Wildman–Crippen LogP) is 9.20. The number of benzene rings is 2. The third-order valence-electron chi connectivity index (χ3n) is 7.86. The van der Waals surface area contributed by atoms with E-state index in [1.807, 2.05) is 43.2 Å². The van der Waals surface area contributed by atoms with Crippen LogP contribution in [0.15, 0.2) is 48.6 Å². The van der Waals surface area contributed by atoms with E-state index in [0.717, 1.165) is 38.5 Å². The second kappa shape index (κ2) is 21.4. The molecule has 0 aromatic heterocycles. The molecule has 2 aromatic rings. The van der Waals surface area contributed by atoms with Crippen LogP contribution in [0.2, 0.25) is 0 Å². The number of hydrogen-bond donors (Lipinski definition) is 0. The molecule has 0 aliphatic carbocycles. The van der Waals surface area contributed by atoms with Gasteiger partial charge in [-0.25, -0.2) is 0 Å². The molecule has 0 spiro atoms. The maximum absolute atomic E-state index is 12.5. The minimum Gasteiger partial charge on any atom is -0.493 e. The normalized spacial score (nSPS) is 17.4. The second-order valence-electron chi connectivity index (χ2n) is 11.7. The summed E-state index contributed by atoms with van der Waals surface area (Å²) in [4.78, 5) is 49.8. The predicted molar refractivity (Wildman–Crippen MR) is 204 cm³/mol. The fraction of sp³-hybridized carbons (Fsp3) is 0.459. The van der Waals surface area contributed by atoms with Gasteiger partial charge in [-0.1, -0.05) is 80.3 Å². The van der Waals surface area contributed by atoms with Gasteiger partial charge in [0.25, 0.3) is 0 Å². The lowest BCUT2D eigenvalue weighted by atomic mass is 10.1. The van der Waals surface area contributed by atoms with Crippen molar-refractivity contribution in [2.75, 3.05) is 25.7 Å². The highest BCUT2D eigenvalue weighted by molar-refractivity contribution is 8.77. The molecule has 0 bridgehead atoms. The third-order valence-corrected chi connectivity index (χ3v) is 13.9. The van der Waals surface area contributed by atoms with Gasteiger partial charge in [0, 0.05) is 34.8 Å². The Hall–Kier alpha value is -2.80. The van der Waals surface area contributed by atoms with E-state index in [4.69, 9.17) is 18.9 Å². The summed E-state index contributed by atoms with van der Waals surface area (Å²) in [5.74, 6) is 2.50. The average Bonchev–Trinajstić information content (AvgIpc) is 3.83. The molecule has 2 aromatic carbocycles. The molecule has 2 atom stereocenters. The van der Waals surface area contributed by atoms with Crippen molar-refractivity contribution in [1.82, 2.24) is 0 Å². The summed E-state index contributed by atoms with van der Waals surface area (Å²) in [5.41, 5.74) is 1.32. The van der Waals surface area contributed by atoms with Crippen molar-refractivity contribution in [2.45, 2.75) is 81.1 Å². The Morgan fingerprint density at radius 1 is 0.653 bits per heavy atom. The van der Waals surface area contributed by atoms with Crippen molar-refractivity contribution in [2.24, 2.45) is 0 Å². The molecule has 2 fully saturated rings. The monoisotopic (exact) mass is 744 g/mol. The lowest BCUT2D eigenvalue weighted by Gasteiger charge is -2.10. The van der Waals surface area contributed by atoms with Crippen LogP contribution in [0.5, 0.6) is 23.0 Å². The van der Waals surface area contributed by atoms with E-state index in [1.165, 1.54) is 50.7 Å². The molecule has 2 saturated heterocycles. The molecule has 2 unspecified atom stereocenters. The molecule has 2 heterocycles. The summed E-state index contributed by atoms with van der Waals surface area (Å²) in [5, 5.41) is 1.39. The number of esters is 2. The van der Waals surface area contributed by atoms with Gasteiger partial charge >= 0.3 is 11.9 Å². The van der Waals surface area contributed by atoms with E-state index in [2.05, 4.69) is 0 Å². The number of carbonyl (C=O) groups is 4. The SMILES string of the molecule is COc1cc(/C=C/C(=O)CC(=O)/C=C/c2ccc(OC(=O)CCCCC3CCSS3)c(OC)c2)ccc1OC(=O)CCCCC1CCSS1. The van der Waals surface area contributed by atoms with E-state index < -0.39 is 0 Å². The van der Waals surface area contributed by atoms with Gasteiger partial charge in [-0.05, 0) is 86.1 Å². The number of methoxy groups -OCH3 is 2. The topological polar surface area (TPSA) is 105 Å². The van der Waals surface area contributed by atoms with Crippen LogP contribution in [-0.4, -0.2) is 59.7 Å². The van der Waals surface area contributed by atoms with E-state index in [1.54, 1.807) is 48.6 Å². The first-order valence-electron chi connectivity index (χ1n) is 16.6. The van der Waals surface area contributed by atoms with Gasteiger partial charge in [-0.3, -0.25) is 19.2 Å². The van der Waals surface area contributed by atoms with Gasteiger partial charge in [0.15, 0.2) is 34.6 Å². The first-order valence-corrected chi connectivity index (χ1v) is 21.3. The molecule has 2 aliphatic heterocycles. The third kappa shape index (κ3) is 14.2. The minimum atomic E-state index is -0.362. The minimum absolute atomic E-state index is 0.302. The van der Waals surface area contributed by atoms with Crippen LogP contribution in [0, 0.1) is 0 Å². The summed E-state index contributed by atoms with van der Waals surface area (Å²) in [6, 6.07) is 10.1. The molecule has 264 valence electrons. The summed E-state index contributed by atoms with van der Waals surface area (Å²) < 4.78 is 21.9. The zero-order valence-corrected chi connectivity index (χ0v) is 31.3. The molecule has 0 N–H and O–H groups in total. The van der Waals surface area contributed by atoms with Gasteiger partial charge < -0.3 is 18.9 Å². The molecule has 2 aliphatic rings. The first kappa shape index (κ1) is 39.0. The van der Waals surface area contributed by atoms with E-state index in [0.29, 0.717) is 57.5 Å². The molecule has 0 radical (unpaired) electrons. The van der Waals surface area contributed by atoms with Crippen molar-refractivity contribution in [3.63, 3.8) is 0 Å². The molecular formula is C37H44O8S4. The van der Waals surface area contributed by atoms with Gasteiger partial charge in [-0.15, -0.1) is 0 Å². The number of ketones is 2. The van der Waals surface area contributed by atoms with Crippen LogP contribution in [0.4, 0.5) is 0 Å². The Kier molecular flexibility index (Phi) is 17.0. The van der Waals surface area contributed by atoms with Crippen molar-refractivity contribution in [3.8, 4) is 23.0 Å². The summed E-state index contributed by atoms with van der Waals surface area (Å²) in [6.07, 6.45) is 14.6. The maximum atomic E-state index is 12.5. The molecule has 12 heteroatoms. The van der Waals surface area contributed by atoms with Crippen LogP contribution in [0.1, 0.15) is 81.8 Å². The van der Waals surface area contributed by atoms with Gasteiger partial charge in [0.1, 0.15) is 0 Å². The van der Waals surface area contributed by atoms with Crippen molar-refractivity contribution in [3.05, 3.63) is 59.7 Å². The van der Waals surface area contributed by atoms with Gasteiger partial charge in [0.2, 0.25) is 0 Å². The molecule has 0 amide bonds. The first-order chi connectivity index (χ1) is 23.8. The summed E-state index contributed by atoms with van der Waals surface area (Å²) >= 11 is 0. The van der Waals surface area contributed by atoms with Crippen LogP contribution >= 0.6 is 43.2 Å². The number of rotatable bonds is 20. The highest BCUT2D eigenvalue weighted by Gasteiger charge is 2.18. The zero-order chi connectivity index (χ0) is 34.8. The van der Waals surface area contributed by atoms with Crippen LogP contribution in [-0.2, 0) is 19.2 Å². The van der Waals surface area contributed by atoms with E-state index in [-0.39, 0.29) is 29.9 Å². The number of unbranched alkanes of at least 4 members (excludes halogenated alkanes) is 2. The zero-order valence-electron chi connectivity index (χ0n) is 28.0. The molecule has 4 rings (SSSR count). The molecular weight excluding hydrogens is 701 g/mol. The average molecular weight is 745 g/mol. The van der Waals surface area contributed by atoms with Crippen LogP contribution < -0.4 is 18.9 Å². The molecule has 49 heavy (non-hydrogen) atoms. The maximum Gasteiger partial charge on any atom is 0.311 e. The number of ether oxygens (including phenoxy) is 4. The highest BCUT2D eigenvalue weighted by atomic mass is 33.1. The lowest BCUT2D eigenvalue weighted by Crippen LogP contribution is -2.09. The standard InChI is InChI=1S/C37H44O8S4/c1-42-34-23-26(13-17-32(34)44-36(40)9-5-3-7-30-19-21-46-48-30)11-15-28(38)25-29(39)16-12-27-14-18-33(35(24-27)43-2)45-37(41)10-6-4-8-31-20-22-47-49-31/h11-18,23-24,30-31H,3-10,19-22,25H2,1-2H3/b15-11+,16-12+. The number of carbonyl (C=O) groups excluding carboxylic acids is 4. The number of allylic oxidation sites excluding steroid dienone is 2. The molecule has 0 saturated carbocycles. The Labute approximate surface area is 305 Å². The quantitative estimate of drug-likeness (QED) is 0.0322. The smallest absolute Gasteiger partial charge is 0.311 e. The highest BCUT2D eigenvalue weighted by Crippen LogP contribution is 2.41. The lowest BCUT2D eigenvalue weighted by molar-refractivity contribution is -0.135. The largest absolute Gasteiger partial charge is 0.493 e. The van der Waals surface area contributed by atoms with Gasteiger partial charge in [0.05, 0.1) is 20.6 Å². The Balaban J connectivity index is 1.19. The van der Waals surface area contributed by atoms with Gasteiger partial charge in [-0.2, -0.15) is 0 Å². The second-order valence-corrected chi connectivity index (χ2v) is 17.3. The van der Waals surface area contributed by atoms with Crippen molar-refractivity contribution >= 4 is 78.8 Å². The Morgan fingerprint density at radius 2 is 1.10 bits per heavy atom. The van der Waals surface area contributed by atoms with Crippen LogP contribution in [0.3, 0.4) is 0 Å². The summed E-state index contributed by atoms with van der Waals surface area (Å²) in [6.45, 7) is 0. The Morgan fingerprint density at radius 3 is 1.49 bits per heavy atom. The van der Waals surface area contributed by atoms with E-state index >= 15 is 0 Å². The van der Waals surface area contributed by atoms with Crippen molar-refractivity contribution in [1.29, 1.82) is 0 Å². The molecule has 8 nitrogen and oxygen atoms in total. The fourth-order valence-electron chi connectivity index (χ4n) is 5.17. The van der Waals surface area contributed by atoms with E-state index in [9.17, 15) is 19.2 Å². The number of hydrogen-bond acceptors (Lipinski definition) is 12. The summed E-state index contributed by atoms with van der Waals surface area (Å²) in [7, 11) is 10.7. The van der Waals surface area contributed by atoms with Crippen LogP contribution in [0.25, 0.3) is 12.2 Å². The fourth-order valence-corrected chi connectivity index (χ4v) is 11.2. The Bertz CT molecular complexity index is 1370. The van der Waals surface area contributed by atoms with Crippen molar-refractivity contribution < 1.29 is 38.1 Å².